The Morgan fingerprint density at radius 3 is 2.43 bits per heavy atom. The number of amides is 2. The van der Waals surface area contributed by atoms with Crippen LogP contribution in [0.1, 0.15) is 0 Å². The fourth-order valence-corrected chi connectivity index (χ4v) is 3.37. The fourth-order valence-electron chi connectivity index (χ4n) is 3.37. The molecule has 1 aromatic carbocycles. The fraction of sp³-hybridized carbons (Fsp3) is 0.421. The van der Waals surface area contributed by atoms with E-state index in [9.17, 15) is 9.18 Å². The van der Waals surface area contributed by atoms with Gasteiger partial charge in [0.15, 0.2) is 5.82 Å². The van der Waals surface area contributed by atoms with Crippen molar-refractivity contribution in [1.29, 1.82) is 0 Å². The van der Waals surface area contributed by atoms with Crippen LogP contribution in [0.15, 0.2) is 36.5 Å². The number of halogens is 1. The van der Waals surface area contributed by atoms with Crippen LogP contribution in [0.3, 0.4) is 0 Å². The minimum atomic E-state index is -0.327. The van der Waals surface area contributed by atoms with Crippen molar-refractivity contribution in [2.75, 3.05) is 67.6 Å². The molecule has 2 amide bonds. The first-order valence-electron chi connectivity index (χ1n) is 9.41. The third-order valence-electron chi connectivity index (χ3n) is 4.99. The van der Waals surface area contributed by atoms with Gasteiger partial charge < -0.3 is 24.8 Å². The summed E-state index contributed by atoms with van der Waals surface area (Å²) >= 11 is 0. The van der Waals surface area contributed by atoms with Crippen molar-refractivity contribution in [3.8, 4) is 0 Å². The average Bonchev–Trinajstić information content (AvgIpc) is 2.76. The monoisotopic (exact) mass is 386 g/mol. The molecule has 2 aromatic rings. The molecule has 9 heteroatoms. The molecule has 2 saturated heterocycles. The second-order valence-corrected chi connectivity index (χ2v) is 6.78. The summed E-state index contributed by atoms with van der Waals surface area (Å²) in [5.41, 5.74) is 1.63. The number of ether oxygens (including phenoxy) is 1. The molecule has 2 aliphatic rings. The molecule has 4 rings (SSSR count). The number of anilines is 3. The van der Waals surface area contributed by atoms with Crippen LogP contribution in [0.25, 0.3) is 0 Å². The maximum absolute atomic E-state index is 13.0. The number of piperazine rings is 1. The minimum absolute atomic E-state index is 0.181. The molecule has 0 atom stereocenters. The number of nitrogens with zero attached hydrogens (tertiary/aromatic N) is 5. The highest BCUT2D eigenvalue weighted by Crippen LogP contribution is 2.21. The van der Waals surface area contributed by atoms with Gasteiger partial charge in [0, 0.05) is 51.0 Å². The number of hydrogen-bond acceptors (Lipinski definition) is 6. The van der Waals surface area contributed by atoms with Crippen molar-refractivity contribution in [2.45, 2.75) is 0 Å². The van der Waals surface area contributed by atoms with E-state index in [4.69, 9.17) is 4.74 Å². The summed E-state index contributed by atoms with van der Waals surface area (Å²) < 4.78 is 18.4. The van der Waals surface area contributed by atoms with Gasteiger partial charge in [-0.25, -0.2) is 9.18 Å². The maximum Gasteiger partial charge on any atom is 0.321 e. The molecule has 2 aliphatic heterocycles. The van der Waals surface area contributed by atoms with Gasteiger partial charge in [0.25, 0.3) is 0 Å². The van der Waals surface area contributed by atoms with Crippen molar-refractivity contribution in [1.82, 2.24) is 15.1 Å². The van der Waals surface area contributed by atoms with Crippen molar-refractivity contribution < 1.29 is 13.9 Å². The van der Waals surface area contributed by atoms with E-state index in [0.29, 0.717) is 31.9 Å². The number of rotatable bonds is 3. The summed E-state index contributed by atoms with van der Waals surface area (Å²) in [5.74, 6) is 0.495. The summed E-state index contributed by atoms with van der Waals surface area (Å²) in [7, 11) is 0. The lowest BCUT2D eigenvalue weighted by Gasteiger charge is -2.35. The highest BCUT2D eigenvalue weighted by Gasteiger charge is 2.23. The summed E-state index contributed by atoms with van der Waals surface area (Å²) in [6.07, 6.45) is 1.78. The quantitative estimate of drug-likeness (QED) is 0.867. The molecule has 148 valence electrons. The van der Waals surface area contributed by atoms with Crippen molar-refractivity contribution in [2.24, 2.45) is 0 Å². The van der Waals surface area contributed by atoms with Crippen LogP contribution < -0.4 is 15.1 Å². The Morgan fingerprint density at radius 2 is 1.71 bits per heavy atom. The number of carbonyl (C=O) groups is 1. The number of benzene rings is 1. The lowest BCUT2D eigenvalue weighted by atomic mass is 10.3. The van der Waals surface area contributed by atoms with Gasteiger partial charge in [0.2, 0.25) is 0 Å². The summed E-state index contributed by atoms with van der Waals surface area (Å²) in [6, 6.07) is 7.62. The number of morpholine rings is 1. The predicted octanol–water partition coefficient (Wildman–Crippen LogP) is 1.81. The lowest BCUT2D eigenvalue weighted by Crippen LogP contribution is -2.50. The zero-order chi connectivity index (χ0) is 19.3. The first kappa shape index (κ1) is 18.4. The molecular weight excluding hydrogens is 363 g/mol. The Hall–Kier alpha value is -2.94. The van der Waals surface area contributed by atoms with Crippen LogP contribution >= 0.6 is 0 Å². The van der Waals surface area contributed by atoms with Crippen molar-refractivity contribution in [3.63, 3.8) is 0 Å². The molecule has 0 saturated carbocycles. The van der Waals surface area contributed by atoms with Crippen LogP contribution in [0, 0.1) is 5.82 Å². The molecule has 28 heavy (non-hydrogen) atoms. The molecule has 0 radical (unpaired) electrons. The summed E-state index contributed by atoms with van der Waals surface area (Å²) in [6.45, 7) is 5.66. The Kier molecular flexibility index (Phi) is 5.52. The molecule has 0 unspecified atom stereocenters. The van der Waals surface area contributed by atoms with Crippen LogP contribution in [0.4, 0.5) is 26.4 Å². The molecule has 1 aromatic heterocycles. The highest BCUT2D eigenvalue weighted by atomic mass is 19.1. The first-order chi connectivity index (χ1) is 13.7. The second-order valence-electron chi connectivity index (χ2n) is 6.78. The molecule has 0 aliphatic carbocycles. The van der Waals surface area contributed by atoms with Crippen LogP contribution in [0.5, 0.6) is 0 Å². The van der Waals surface area contributed by atoms with E-state index in [1.165, 1.54) is 12.1 Å². The van der Waals surface area contributed by atoms with E-state index in [1.54, 1.807) is 23.2 Å². The summed E-state index contributed by atoms with van der Waals surface area (Å²) in [4.78, 5) is 18.5. The van der Waals surface area contributed by atoms with Gasteiger partial charge >= 0.3 is 6.03 Å². The zero-order valence-electron chi connectivity index (χ0n) is 15.6. The van der Waals surface area contributed by atoms with Crippen LogP contribution in [-0.4, -0.2) is 73.6 Å². The van der Waals surface area contributed by atoms with Gasteiger partial charge in [0.1, 0.15) is 5.82 Å². The van der Waals surface area contributed by atoms with Crippen LogP contribution in [-0.2, 0) is 4.74 Å². The molecular formula is C19H23FN6O2. The van der Waals surface area contributed by atoms with Gasteiger partial charge in [-0.3, -0.25) is 0 Å². The number of urea groups is 1. The van der Waals surface area contributed by atoms with E-state index < -0.39 is 0 Å². The van der Waals surface area contributed by atoms with Gasteiger partial charge in [-0.1, -0.05) is 0 Å². The van der Waals surface area contributed by atoms with E-state index in [2.05, 4.69) is 25.3 Å². The van der Waals surface area contributed by atoms with Crippen molar-refractivity contribution in [3.05, 3.63) is 42.3 Å². The van der Waals surface area contributed by atoms with E-state index >= 15 is 0 Å². The van der Waals surface area contributed by atoms with Gasteiger partial charge in [-0.05, 0) is 24.3 Å². The number of nitrogens with one attached hydrogen (secondary N) is 1. The van der Waals surface area contributed by atoms with Gasteiger partial charge in [-0.15, -0.1) is 5.10 Å². The number of hydrogen-bond donors (Lipinski definition) is 1. The van der Waals surface area contributed by atoms with E-state index in [1.807, 2.05) is 6.07 Å². The third-order valence-corrected chi connectivity index (χ3v) is 4.99. The van der Waals surface area contributed by atoms with E-state index in [0.717, 1.165) is 37.8 Å². The Balaban J connectivity index is 1.33. The number of carbonyl (C=O) groups excluding carboxylic acids is 1. The second kappa shape index (κ2) is 8.39. The topological polar surface area (TPSA) is 73.8 Å². The summed E-state index contributed by atoms with van der Waals surface area (Å²) in [5, 5.41) is 11.2. The lowest BCUT2D eigenvalue weighted by molar-refractivity contribution is 0.122. The third kappa shape index (κ3) is 4.30. The standard InChI is InChI=1S/C19H23FN6O2/c20-15-1-3-16(4-2-15)22-19(27)26-7-5-25(6-8-26)18-13-17(14-21-23-18)24-9-11-28-12-10-24/h1-4,13-14H,5-12H2,(H,22,27). The first-order valence-corrected chi connectivity index (χ1v) is 9.41. The normalized spacial score (nSPS) is 17.5. The molecule has 2 fully saturated rings. The van der Waals surface area contributed by atoms with Crippen LogP contribution in [0.2, 0.25) is 0 Å². The molecule has 0 spiro atoms. The zero-order valence-corrected chi connectivity index (χ0v) is 15.6. The Labute approximate surface area is 162 Å². The smallest absolute Gasteiger partial charge is 0.321 e. The largest absolute Gasteiger partial charge is 0.378 e. The SMILES string of the molecule is O=C(Nc1ccc(F)cc1)N1CCN(c2cc(N3CCOCC3)cnn2)CC1. The molecule has 3 heterocycles. The maximum atomic E-state index is 13.0. The van der Waals surface area contributed by atoms with Gasteiger partial charge in [-0.2, -0.15) is 5.10 Å². The Morgan fingerprint density at radius 1 is 1.00 bits per heavy atom. The number of aromatic nitrogens is 2. The highest BCUT2D eigenvalue weighted by molar-refractivity contribution is 5.89. The molecule has 0 bridgehead atoms. The molecule has 1 N–H and O–H groups in total. The minimum Gasteiger partial charge on any atom is -0.378 e. The van der Waals surface area contributed by atoms with E-state index in [-0.39, 0.29) is 11.8 Å². The van der Waals surface area contributed by atoms with Gasteiger partial charge in [0.05, 0.1) is 25.1 Å². The average molecular weight is 386 g/mol. The Bertz CT molecular complexity index is 804. The predicted molar refractivity (Wildman–Crippen MR) is 104 cm³/mol. The van der Waals surface area contributed by atoms with Crippen molar-refractivity contribution >= 4 is 23.2 Å². The molecule has 8 nitrogen and oxygen atoms in total.